The minimum absolute atomic E-state index is 0.0437. The zero-order valence-corrected chi connectivity index (χ0v) is 10.0. The second kappa shape index (κ2) is 5.01. The van der Waals surface area contributed by atoms with Crippen LogP contribution >= 0.6 is 0 Å². The average Bonchev–Trinajstić information content (AvgIpc) is 2.76. The molecule has 0 aromatic rings. The first-order chi connectivity index (χ1) is 8.18. The van der Waals surface area contributed by atoms with Crippen LogP contribution in [-0.2, 0) is 14.4 Å². The predicted octanol–water partition coefficient (Wildman–Crippen LogP) is -0.688. The smallest absolute Gasteiger partial charge is 0.268 e. The van der Waals surface area contributed by atoms with Gasteiger partial charge in [-0.2, -0.15) is 0 Å². The molecule has 2 atom stereocenters. The van der Waals surface area contributed by atoms with Crippen molar-refractivity contribution in [1.82, 2.24) is 16.1 Å². The van der Waals surface area contributed by atoms with E-state index >= 15 is 0 Å². The summed E-state index contributed by atoms with van der Waals surface area (Å²) in [5.74, 6) is -0.314. The highest BCUT2D eigenvalue weighted by molar-refractivity contribution is 5.90. The Balaban J connectivity index is 1.99. The van der Waals surface area contributed by atoms with Crippen molar-refractivity contribution in [1.29, 1.82) is 0 Å². The summed E-state index contributed by atoms with van der Waals surface area (Å²) in [7, 11) is 0. The Bertz CT molecular complexity index is 313. The molecule has 0 aromatic carbocycles. The topological polar surface area (TPSA) is 79.5 Å². The molecule has 2 rings (SSSR count). The van der Waals surface area contributed by atoms with Crippen molar-refractivity contribution in [3.8, 4) is 0 Å². The van der Waals surface area contributed by atoms with Gasteiger partial charge in [0.05, 0.1) is 5.41 Å². The molecule has 96 valence electrons. The molecular formula is C11H19N3O3. The lowest BCUT2D eigenvalue weighted by atomic mass is 9.77. The molecule has 0 radical (unpaired) electrons. The van der Waals surface area contributed by atoms with Crippen molar-refractivity contribution in [3.05, 3.63) is 0 Å². The number of nitrogens with one attached hydrogen (secondary N) is 3. The van der Waals surface area contributed by atoms with E-state index in [0.29, 0.717) is 6.54 Å². The van der Waals surface area contributed by atoms with E-state index in [4.69, 9.17) is 4.84 Å². The number of amides is 2. The van der Waals surface area contributed by atoms with E-state index in [9.17, 15) is 9.59 Å². The zero-order valence-electron chi connectivity index (χ0n) is 10.0. The van der Waals surface area contributed by atoms with Gasteiger partial charge >= 0.3 is 0 Å². The molecule has 2 aliphatic rings. The van der Waals surface area contributed by atoms with Crippen LogP contribution in [0.4, 0.5) is 0 Å². The molecule has 0 spiro atoms. The van der Waals surface area contributed by atoms with Crippen LogP contribution in [0.2, 0.25) is 0 Å². The molecule has 0 aliphatic carbocycles. The molecule has 6 heteroatoms. The lowest BCUT2D eigenvalue weighted by Gasteiger charge is -2.35. The van der Waals surface area contributed by atoms with Crippen LogP contribution in [0.3, 0.4) is 0 Å². The maximum atomic E-state index is 12.3. The predicted molar refractivity (Wildman–Crippen MR) is 60.9 cm³/mol. The van der Waals surface area contributed by atoms with Crippen LogP contribution < -0.4 is 16.1 Å². The second-order valence-corrected chi connectivity index (χ2v) is 4.72. The molecule has 2 amide bonds. The van der Waals surface area contributed by atoms with Crippen molar-refractivity contribution in [2.75, 3.05) is 19.7 Å². The Kier molecular flexibility index (Phi) is 3.63. The maximum absolute atomic E-state index is 12.3. The van der Waals surface area contributed by atoms with Crippen LogP contribution in [0, 0.1) is 5.41 Å². The first-order valence-electron chi connectivity index (χ1n) is 6.11. The molecule has 2 aliphatic heterocycles. The summed E-state index contributed by atoms with van der Waals surface area (Å²) >= 11 is 0. The van der Waals surface area contributed by atoms with Gasteiger partial charge in [-0.3, -0.25) is 14.4 Å². The second-order valence-electron chi connectivity index (χ2n) is 4.72. The Labute approximate surface area is 100 Å². The van der Waals surface area contributed by atoms with Gasteiger partial charge in [0.2, 0.25) is 5.91 Å². The molecule has 2 heterocycles. The third kappa shape index (κ3) is 2.42. The minimum Gasteiger partial charge on any atom is -0.342 e. The summed E-state index contributed by atoms with van der Waals surface area (Å²) in [5, 5.41) is 6.03. The van der Waals surface area contributed by atoms with E-state index in [1.54, 1.807) is 0 Å². The third-order valence-electron chi connectivity index (χ3n) is 3.68. The standard InChI is InChI=1S/C11H19N3O3/c1-2-11(4-3-5-12-7-11)10(16)13-8-6-17-14-9(8)15/h8,12H,2-7H2,1H3,(H,13,16)(H,14,15)/t8-,11?/m1/s1. The van der Waals surface area contributed by atoms with E-state index in [2.05, 4.69) is 16.1 Å². The van der Waals surface area contributed by atoms with E-state index in [0.717, 1.165) is 25.8 Å². The van der Waals surface area contributed by atoms with Gasteiger partial charge in [0.1, 0.15) is 12.6 Å². The number of piperidine rings is 1. The third-order valence-corrected chi connectivity index (χ3v) is 3.68. The normalized spacial score (nSPS) is 33.2. The van der Waals surface area contributed by atoms with Gasteiger partial charge < -0.3 is 10.6 Å². The van der Waals surface area contributed by atoms with Gasteiger partial charge in [-0.25, -0.2) is 5.48 Å². The molecule has 0 bridgehead atoms. The fraction of sp³-hybridized carbons (Fsp3) is 0.818. The summed E-state index contributed by atoms with van der Waals surface area (Å²) in [5.41, 5.74) is 1.87. The minimum atomic E-state index is -0.548. The van der Waals surface area contributed by atoms with Crippen molar-refractivity contribution in [2.24, 2.45) is 5.41 Å². The Morgan fingerprint density at radius 1 is 1.65 bits per heavy atom. The highest BCUT2D eigenvalue weighted by atomic mass is 16.7. The summed E-state index contributed by atoms with van der Waals surface area (Å²) in [6.45, 7) is 3.86. The Hall–Kier alpha value is -1.14. The van der Waals surface area contributed by atoms with Crippen molar-refractivity contribution in [3.63, 3.8) is 0 Å². The highest BCUT2D eigenvalue weighted by Crippen LogP contribution is 2.30. The van der Waals surface area contributed by atoms with Gasteiger partial charge in [0, 0.05) is 6.54 Å². The largest absolute Gasteiger partial charge is 0.342 e. The fourth-order valence-corrected chi connectivity index (χ4v) is 2.39. The first kappa shape index (κ1) is 12.3. The maximum Gasteiger partial charge on any atom is 0.268 e. The number of rotatable bonds is 3. The fourth-order valence-electron chi connectivity index (χ4n) is 2.39. The van der Waals surface area contributed by atoms with Crippen LogP contribution in [0.1, 0.15) is 26.2 Å². The van der Waals surface area contributed by atoms with E-state index < -0.39 is 6.04 Å². The van der Waals surface area contributed by atoms with Gasteiger partial charge in [-0.05, 0) is 25.8 Å². The zero-order chi connectivity index (χ0) is 12.3. The Morgan fingerprint density at radius 3 is 3.00 bits per heavy atom. The van der Waals surface area contributed by atoms with Crippen LogP contribution in [-0.4, -0.2) is 37.6 Å². The SMILES string of the molecule is CCC1(C(=O)N[C@@H]2CONC2=O)CCCNC1. The molecule has 2 fully saturated rings. The molecule has 2 saturated heterocycles. The Morgan fingerprint density at radius 2 is 2.47 bits per heavy atom. The van der Waals surface area contributed by atoms with Gasteiger partial charge in [-0.1, -0.05) is 6.92 Å². The molecule has 3 N–H and O–H groups in total. The summed E-state index contributed by atoms with van der Waals surface area (Å²) in [6, 6.07) is -0.548. The summed E-state index contributed by atoms with van der Waals surface area (Å²) in [6.07, 6.45) is 2.65. The summed E-state index contributed by atoms with van der Waals surface area (Å²) in [4.78, 5) is 28.4. The highest BCUT2D eigenvalue weighted by Gasteiger charge is 2.40. The number of carbonyl (C=O) groups excluding carboxylic acids is 2. The van der Waals surface area contributed by atoms with Crippen LogP contribution in [0.5, 0.6) is 0 Å². The lowest BCUT2D eigenvalue weighted by Crippen LogP contribution is -2.54. The lowest BCUT2D eigenvalue weighted by molar-refractivity contribution is -0.135. The molecule has 0 saturated carbocycles. The molecule has 0 aromatic heterocycles. The first-order valence-corrected chi connectivity index (χ1v) is 6.11. The number of hydroxylamine groups is 1. The molecule has 6 nitrogen and oxygen atoms in total. The van der Waals surface area contributed by atoms with Crippen molar-refractivity contribution >= 4 is 11.8 Å². The van der Waals surface area contributed by atoms with Gasteiger partial charge in [0.15, 0.2) is 0 Å². The number of carbonyl (C=O) groups is 2. The van der Waals surface area contributed by atoms with E-state index in [-0.39, 0.29) is 23.8 Å². The quantitative estimate of drug-likeness (QED) is 0.611. The monoisotopic (exact) mass is 241 g/mol. The van der Waals surface area contributed by atoms with Crippen LogP contribution in [0.25, 0.3) is 0 Å². The number of hydrogen-bond acceptors (Lipinski definition) is 4. The number of hydrogen-bond donors (Lipinski definition) is 3. The van der Waals surface area contributed by atoms with Crippen molar-refractivity contribution < 1.29 is 14.4 Å². The van der Waals surface area contributed by atoms with Crippen molar-refractivity contribution in [2.45, 2.75) is 32.2 Å². The van der Waals surface area contributed by atoms with E-state index in [1.165, 1.54) is 0 Å². The average molecular weight is 241 g/mol. The summed E-state index contributed by atoms with van der Waals surface area (Å²) < 4.78 is 0. The van der Waals surface area contributed by atoms with Crippen LogP contribution in [0.15, 0.2) is 0 Å². The van der Waals surface area contributed by atoms with Gasteiger partial charge in [-0.15, -0.1) is 0 Å². The van der Waals surface area contributed by atoms with E-state index in [1.807, 2.05) is 6.92 Å². The van der Waals surface area contributed by atoms with Gasteiger partial charge in [0.25, 0.3) is 5.91 Å². The molecule has 1 unspecified atom stereocenters. The molecule has 17 heavy (non-hydrogen) atoms. The molecular weight excluding hydrogens is 222 g/mol.